The first-order valence-electron chi connectivity index (χ1n) is 5.05. The minimum Gasteiger partial charge on any atom is -0.466 e. The highest BCUT2D eigenvalue weighted by Gasteiger charge is 2.01. The van der Waals surface area contributed by atoms with Gasteiger partial charge in [-0.15, -0.1) is 0 Å². The van der Waals surface area contributed by atoms with Gasteiger partial charge in [0.25, 0.3) is 0 Å². The molecule has 1 N–H and O–H groups in total. The predicted molar refractivity (Wildman–Crippen MR) is 64.1 cm³/mol. The van der Waals surface area contributed by atoms with Crippen molar-refractivity contribution >= 4 is 22.9 Å². The lowest BCUT2D eigenvalue weighted by molar-refractivity contribution is -0.134. The fourth-order valence-electron chi connectivity index (χ4n) is 1.69. The molecule has 0 aliphatic rings. The van der Waals surface area contributed by atoms with E-state index in [2.05, 4.69) is 15.8 Å². The summed E-state index contributed by atoms with van der Waals surface area (Å²) in [6.45, 7) is 2.01. The molecule has 3 heteroatoms. The van der Waals surface area contributed by atoms with E-state index in [0.29, 0.717) is 0 Å². The molecule has 2 rings (SSSR count). The van der Waals surface area contributed by atoms with Crippen LogP contribution in [-0.2, 0) is 9.53 Å². The van der Waals surface area contributed by atoms with Crippen LogP contribution >= 0.6 is 0 Å². The maximum absolute atomic E-state index is 11.0. The summed E-state index contributed by atoms with van der Waals surface area (Å²) in [5, 5.41) is 1.11. The van der Waals surface area contributed by atoms with Crippen LogP contribution in [0.5, 0.6) is 0 Å². The van der Waals surface area contributed by atoms with E-state index >= 15 is 0 Å². The van der Waals surface area contributed by atoms with Gasteiger partial charge >= 0.3 is 5.97 Å². The molecule has 0 unspecified atom stereocenters. The quantitative estimate of drug-likeness (QED) is 0.618. The predicted octanol–water partition coefficient (Wildman–Crippen LogP) is 2.66. The van der Waals surface area contributed by atoms with E-state index in [1.165, 1.54) is 13.2 Å². The summed E-state index contributed by atoms with van der Waals surface area (Å²) in [5.41, 5.74) is 3.19. The second kappa shape index (κ2) is 4.23. The van der Waals surface area contributed by atoms with E-state index in [0.717, 1.165) is 22.2 Å². The number of nitrogens with one attached hydrogen (secondary N) is 1. The zero-order valence-corrected chi connectivity index (χ0v) is 9.28. The molecule has 16 heavy (non-hydrogen) atoms. The third-order valence-corrected chi connectivity index (χ3v) is 2.43. The Bertz CT molecular complexity index is 552. The molecule has 0 bridgehead atoms. The fraction of sp³-hybridized carbons (Fsp3) is 0.154. The zero-order valence-electron chi connectivity index (χ0n) is 9.28. The Morgan fingerprint density at radius 2 is 2.25 bits per heavy atom. The van der Waals surface area contributed by atoms with Gasteiger partial charge in [-0.25, -0.2) is 4.79 Å². The molecule has 1 aromatic heterocycles. The number of aryl methyl sites for hydroxylation is 1. The molecule has 0 spiro atoms. The Morgan fingerprint density at radius 1 is 1.44 bits per heavy atom. The van der Waals surface area contributed by atoms with E-state index in [1.54, 1.807) is 6.08 Å². The number of carbonyl (C=O) groups excluding carboxylic acids is 1. The molecule has 0 fully saturated rings. The second-order valence-electron chi connectivity index (χ2n) is 3.62. The molecule has 0 radical (unpaired) electrons. The van der Waals surface area contributed by atoms with Crippen LogP contribution in [0, 0.1) is 6.92 Å². The number of aromatic amines is 1. The SMILES string of the molecule is COC(=O)C=Cc1cccc2[nH]c(C)cc12. The van der Waals surface area contributed by atoms with Crippen LogP contribution in [0.2, 0.25) is 0 Å². The molecular weight excluding hydrogens is 202 g/mol. The largest absolute Gasteiger partial charge is 0.466 e. The van der Waals surface area contributed by atoms with E-state index in [-0.39, 0.29) is 5.97 Å². The van der Waals surface area contributed by atoms with Gasteiger partial charge in [-0.3, -0.25) is 0 Å². The van der Waals surface area contributed by atoms with Crippen LogP contribution in [0.15, 0.2) is 30.3 Å². The van der Waals surface area contributed by atoms with Crippen LogP contribution in [0.1, 0.15) is 11.3 Å². The summed E-state index contributed by atoms with van der Waals surface area (Å²) < 4.78 is 4.56. The van der Waals surface area contributed by atoms with Crippen LogP contribution in [0.3, 0.4) is 0 Å². The lowest BCUT2D eigenvalue weighted by Crippen LogP contribution is -1.93. The summed E-state index contributed by atoms with van der Waals surface area (Å²) >= 11 is 0. The highest BCUT2D eigenvalue weighted by atomic mass is 16.5. The number of methoxy groups -OCH3 is 1. The number of esters is 1. The van der Waals surface area contributed by atoms with Crippen LogP contribution < -0.4 is 0 Å². The number of fused-ring (bicyclic) bond motifs is 1. The van der Waals surface area contributed by atoms with Crippen molar-refractivity contribution in [3.8, 4) is 0 Å². The minimum absolute atomic E-state index is 0.343. The Labute approximate surface area is 93.7 Å². The topological polar surface area (TPSA) is 42.1 Å². The summed E-state index contributed by atoms with van der Waals surface area (Å²) in [5.74, 6) is -0.343. The molecule has 3 nitrogen and oxygen atoms in total. The van der Waals surface area contributed by atoms with Crippen molar-refractivity contribution < 1.29 is 9.53 Å². The standard InChI is InChI=1S/C13H13NO2/c1-9-8-11-10(6-7-13(15)16-2)4-3-5-12(11)14-9/h3-8,14H,1-2H3. The average Bonchev–Trinajstić information content (AvgIpc) is 2.66. The average molecular weight is 215 g/mol. The first-order valence-corrected chi connectivity index (χ1v) is 5.05. The van der Waals surface area contributed by atoms with Crippen molar-refractivity contribution in [3.05, 3.63) is 41.6 Å². The Hall–Kier alpha value is -2.03. The fourth-order valence-corrected chi connectivity index (χ4v) is 1.69. The van der Waals surface area contributed by atoms with Crippen molar-refractivity contribution in [1.82, 2.24) is 4.98 Å². The van der Waals surface area contributed by atoms with Gasteiger partial charge in [-0.1, -0.05) is 12.1 Å². The number of aromatic nitrogens is 1. The number of hydrogen-bond acceptors (Lipinski definition) is 2. The molecule has 2 aromatic rings. The van der Waals surface area contributed by atoms with Gasteiger partial charge in [-0.05, 0) is 30.7 Å². The third kappa shape index (κ3) is 1.98. The van der Waals surface area contributed by atoms with Crippen molar-refractivity contribution in [2.24, 2.45) is 0 Å². The third-order valence-electron chi connectivity index (χ3n) is 2.43. The van der Waals surface area contributed by atoms with Gasteiger partial charge < -0.3 is 9.72 Å². The van der Waals surface area contributed by atoms with Gasteiger partial charge in [0.15, 0.2) is 0 Å². The van der Waals surface area contributed by atoms with Gasteiger partial charge in [0, 0.05) is 22.7 Å². The number of carbonyl (C=O) groups is 1. The zero-order chi connectivity index (χ0) is 11.5. The Morgan fingerprint density at radius 3 is 3.00 bits per heavy atom. The van der Waals surface area contributed by atoms with E-state index in [4.69, 9.17) is 0 Å². The molecule has 0 atom stereocenters. The summed E-state index contributed by atoms with van der Waals surface area (Å²) in [6, 6.07) is 7.99. The second-order valence-corrected chi connectivity index (χ2v) is 3.62. The van der Waals surface area contributed by atoms with Crippen LogP contribution in [0.25, 0.3) is 17.0 Å². The van der Waals surface area contributed by atoms with Crippen molar-refractivity contribution in [3.63, 3.8) is 0 Å². The van der Waals surface area contributed by atoms with Crippen LogP contribution in [0.4, 0.5) is 0 Å². The van der Waals surface area contributed by atoms with Crippen molar-refractivity contribution in [1.29, 1.82) is 0 Å². The molecule has 0 aliphatic heterocycles. The first-order chi connectivity index (χ1) is 7.70. The highest BCUT2D eigenvalue weighted by molar-refractivity contribution is 5.94. The van der Waals surface area contributed by atoms with E-state index < -0.39 is 0 Å². The molecule has 82 valence electrons. The maximum atomic E-state index is 11.0. The Kier molecular flexibility index (Phi) is 2.77. The number of rotatable bonds is 2. The number of benzene rings is 1. The first kappa shape index (κ1) is 10.5. The number of H-pyrrole nitrogens is 1. The number of hydrogen-bond donors (Lipinski definition) is 1. The molecule has 1 heterocycles. The van der Waals surface area contributed by atoms with Crippen molar-refractivity contribution in [2.75, 3.05) is 7.11 Å². The van der Waals surface area contributed by atoms with Crippen LogP contribution in [-0.4, -0.2) is 18.1 Å². The van der Waals surface area contributed by atoms with Gasteiger partial charge in [0.1, 0.15) is 0 Å². The normalized spacial score (nSPS) is 11.1. The summed E-state index contributed by atoms with van der Waals surface area (Å²) in [7, 11) is 1.37. The monoisotopic (exact) mass is 215 g/mol. The lowest BCUT2D eigenvalue weighted by atomic mass is 10.1. The molecule has 0 saturated carbocycles. The molecule has 1 aromatic carbocycles. The molecular formula is C13H13NO2. The number of ether oxygens (including phenoxy) is 1. The minimum atomic E-state index is -0.343. The van der Waals surface area contributed by atoms with E-state index in [9.17, 15) is 4.79 Å². The smallest absolute Gasteiger partial charge is 0.330 e. The summed E-state index contributed by atoms with van der Waals surface area (Å²) in [6.07, 6.45) is 3.19. The molecule has 0 saturated heterocycles. The Balaban J connectivity index is 2.44. The molecule has 0 amide bonds. The molecule has 0 aliphatic carbocycles. The van der Waals surface area contributed by atoms with Crippen molar-refractivity contribution in [2.45, 2.75) is 6.92 Å². The van der Waals surface area contributed by atoms with E-state index in [1.807, 2.05) is 25.1 Å². The lowest BCUT2D eigenvalue weighted by Gasteiger charge is -1.96. The highest BCUT2D eigenvalue weighted by Crippen LogP contribution is 2.20. The van der Waals surface area contributed by atoms with Gasteiger partial charge in [0.05, 0.1) is 7.11 Å². The summed E-state index contributed by atoms with van der Waals surface area (Å²) in [4.78, 5) is 14.3. The van der Waals surface area contributed by atoms with Gasteiger partial charge in [0.2, 0.25) is 0 Å². The maximum Gasteiger partial charge on any atom is 0.330 e. The van der Waals surface area contributed by atoms with Gasteiger partial charge in [-0.2, -0.15) is 0 Å².